The minimum absolute atomic E-state index is 0.0688. The van der Waals surface area contributed by atoms with Crippen LogP contribution in [0, 0.1) is 10.1 Å². The summed E-state index contributed by atoms with van der Waals surface area (Å²) in [5, 5.41) is 30.9. The fraction of sp³-hybridized carbons (Fsp3) is 0.364. The van der Waals surface area contributed by atoms with Crippen molar-refractivity contribution in [2.24, 2.45) is 0 Å². The number of nitrogens with one attached hydrogen (secondary N) is 1. The maximum atomic E-state index is 10.9. The van der Waals surface area contributed by atoms with Gasteiger partial charge in [0.05, 0.1) is 24.7 Å². The SMILES string of the molecule is O=C(O)c1cc(NCCOCCO)ccc1[N+](=O)[O-]. The van der Waals surface area contributed by atoms with Crippen LogP contribution in [0.5, 0.6) is 0 Å². The molecule has 1 aromatic carbocycles. The molecule has 3 N–H and O–H groups in total. The van der Waals surface area contributed by atoms with Crippen molar-refractivity contribution in [3.05, 3.63) is 33.9 Å². The number of nitro benzene ring substituents is 1. The first kappa shape index (κ1) is 14.9. The molecule has 1 rings (SSSR count). The highest BCUT2D eigenvalue weighted by atomic mass is 16.6. The zero-order valence-corrected chi connectivity index (χ0v) is 10.0. The average molecular weight is 270 g/mol. The number of ether oxygens (including phenoxy) is 1. The van der Waals surface area contributed by atoms with Crippen molar-refractivity contribution in [2.75, 3.05) is 31.7 Å². The molecule has 8 nitrogen and oxygen atoms in total. The molecular weight excluding hydrogens is 256 g/mol. The molecule has 0 saturated heterocycles. The van der Waals surface area contributed by atoms with Gasteiger partial charge in [0.2, 0.25) is 0 Å². The highest BCUT2D eigenvalue weighted by molar-refractivity contribution is 5.93. The molecule has 0 saturated carbocycles. The zero-order valence-electron chi connectivity index (χ0n) is 10.0. The van der Waals surface area contributed by atoms with E-state index >= 15 is 0 Å². The molecule has 0 atom stereocenters. The lowest BCUT2D eigenvalue weighted by molar-refractivity contribution is -0.385. The number of nitro groups is 1. The van der Waals surface area contributed by atoms with Gasteiger partial charge in [0.15, 0.2) is 0 Å². The van der Waals surface area contributed by atoms with Gasteiger partial charge < -0.3 is 20.3 Å². The number of benzene rings is 1. The van der Waals surface area contributed by atoms with Gasteiger partial charge in [-0.05, 0) is 12.1 Å². The molecule has 0 unspecified atom stereocenters. The molecule has 0 aliphatic rings. The van der Waals surface area contributed by atoms with Gasteiger partial charge >= 0.3 is 5.97 Å². The molecule has 1 aromatic rings. The van der Waals surface area contributed by atoms with Crippen molar-refractivity contribution in [1.82, 2.24) is 0 Å². The van der Waals surface area contributed by atoms with Crippen molar-refractivity contribution in [2.45, 2.75) is 0 Å². The van der Waals surface area contributed by atoms with E-state index in [0.29, 0.717) is 18.8 Å². The van der Waals surface area contributed by atoms with Crippen LogP contribution in [-0.4, -0.2) is 47.5 Å². The van der Waals surface area contributed by atoms with E-state index in [1.807, 2.05) is 0 Å². The predicted molar refractivity (Wildman–Crippen MR) is 66.5 cm³/mol. The number of anilines is 1. The summed E-state index contributed by atoms with van der Waals surface area (Å²) in [7, 11) is 0. The van der Waals surface area contributed by atoms with E-state index in [1.54, 1.807) is 0 Å². The summed E-state index contributed by atoms with van der Waals surface area (Å²) in [6.45, 7) is 0.889. The summed E-state index contributed by atoms with van der Waals surface area (Å²) in [5.74, 6) is -1.35. The van der Waals surface area contributed by atoms with E-state index < -0.39 is 16.6 Å². The number of nitrogens with zero attached hydrogens (tertiary/aromatic N) is 1. The van der Waals surface area contributed by atoms with Crippen LogP contribution in [0.15, 0.2) is 18.2 Å². The number of carboxylic acids is 1. The smallest absolute Gasteiger partial charge is 0.342 e. The minimum atomic E-state index is -1.35. The summed E-state index contributed by atoms with van der Waals surface area (Å²) in [6.07, 6.45) is 0. The monoisotopic (exact) mass is 270 g/mol. The third kappa shape index (κ3) is 4.53. The number of hydrogen-bond acceptors (Lipinski definition) is 6. The number of hydrogen-bond donors (Lipinski definition) is 3. The molecule has 0 amide bonds. The van der Waals surface area contributed by atoms with Crippen LogP contribution in [-0.2, 0) is 4.74 Å². The van der Waals surface area contributed by atoms with Crippen LogP contribution in [0.1, 0.15) is 10.4 Å². The molecule has 0 aromatic heterocycles. The van der Waals surface area contributed by atoms with Crippen molar-refractivity contribution >= 4 is 17.3 Å². The van der Waals surface area contributed by atoms with Gasteiger partial charge in [-0.25, -0.2) is 4.79 Å². The first-order valence-electron chi connectivity index (χ1n) is 5.50. The topological polar surface area (TPSA) is 122 Å². The number of aromatic carboxylic acids is 1. The van der Waals surface area contributed by atoms with Gasteiger partial charge in [-0.2, -0.15) is 0 Å². The quantitative estimate of drug-likeness (QED) is 0.361. The highest BCUT2D eigenvalue weighted by Crippen LogP contribution is 2.22. The molecule has 0 aliphatic heterocycles. The molecule has 104 valence electrons. The first-order valence-corrected chi connectivity index (χ1v) is 5.50. The van der Waals surface area contributed by atoms with Crippen LogP contribution in [0.2, 0.25) is 0 Å². The van der Waals surface area contributed by atoms with Crippen molar-refractivity contribution in [3.8, 4) is 0 Å². The maximum Gasteiger partial charge on any atom is 0.342 e. The summed E-state index contributed by atoms with van der Waals surface area (Å²) in [4.78, 5) is 20.8. The number of aliphatic hydroxyl groups excluding tert-OH is 1. The van der Waals surface area contributed by atoms with E-state index in [0.717, 1.165) is 6.07 Å². The van der Waals surface area contributed by atoms with E-state index in [9.17, 15) is 14.9 Å². The van der Waals surface area contributed by atoms with Crippen molar-refractivity contribution in [1.29, 1.82) is 0 Å². The number of carboxylic acid groups (broad SMARTS) is 1. The predicted octanol–water partition coefficient (Wildman–Crippen LogP) is 0.714. The molecule has 0 bridgehead atoms. The number of rotatable bonds is 8. The first-order chi connectivity index (χ1) is 9.06. The second-order valence-corrected chi connectivity index (χ2v) is 3.56. The third-order valence-electron chi connectivity index (χ3n) is 2.23. The van der Waals surface area contributed by atoms with Crippen molar-refractivity contribution < 1.29 is 24.7 Å². The van der Waals surface area contributed by atoms with Gasteiger partial charge in [-0.3, -0.25) is 10.1 Å². The minimum Gasteiger partial charge on any atom is -0.477 e. The Hall–Kier alpha value is -2.19. The number of aliphatic hydroxyl groups is 1. The Bertz CT molecular complexity index is 462. The Labute approximate surface area is 108 Å². The van der Waals surface area contributed by atoms with Crippen LogP contribution < -0.4 is 5.32 Å². The number of carbonyl (C=O) groups is 1. The van der Waals surface area contributed by atoms with Gasteiger partial charge in [-0.1, -0.05) is 0 Å². The summed E-state index contributed by atoms with van der Waals surface area (Å²) >= 11 is 0. The lowest BCUT2D eigenvalue weighted by atomic mass is 10.1. The van der Waals surface area contributed by atoms with E-state index in [2.05, 4.69) is 5.32 Å². The largest absolute Gasteiger partial charge is 0.477 e. The second kappa shape index (κ2) is 7.29. The molecule has 0 radical (unpaired) electrons. The molecule has 19 heavy (non-hydrogen) atoms. The molecule has 0 spiro atoms. The zero-order chi connectivity index (χ0) is 14.3. The molecule has 0 heterocycles. The van der Waals surface area contributed by atoms with Gasteiger partial charge in [0.25, 0.3) is 5.69 Å². The third-order valence-corrected chi connectivity index (χ3v) is 2.23. The fourth-order valence-corrected chi connectivity index (χ4v) is 1.41. The van der Waals surface area contributed by atoms with Crippen LogP contribution in [0.25, 0.3) is 0 Å². The van der Waals surface area contributed by atoms with Crippen LogP contribution >= 0.6 is 0 Å². The van der Waals surface area contributed by atoms with Crippen molar-refractivity contribution in [3.63, 3.8) is 0 Å². The Morgan fingerprint density at radius 1 is 1.42 bits per heavy atom. The normalized spacial score (nSPS) is 10.2. The Morgan fingerprint density at radius 3 is 2.74 bits per heavy atom. The molecule has 0 aliphatic carbocycles. The summed E-state index contributed by atoms with van der Waals surface area (Å²) in [5.41, 5.74) is -0.364. The Kier molecular flexibility index (Phi) is 5.71. The lowest BCUT2D eigenvalue weighted by Crippen LogP contribution is -2.12. The highest BCUT2D eigenvalue weighted by Gasteiger charge is 2.19. The standard InChI is InChI=1S/C11H14N2O6/c14-4-6-19-5-3-12-8-1-2-10(13(17)18)9(7-8)11(15)16/h1-2,7,12,14H,3-6H2,(H,15,16). The molecule has 8 heteroatoms. The van der Waals surface area contributed by atoms with Gasteiger partial charge in [0, 0.05) is 18.3 Å². The average Bonchev–Trinajstić information content (AvgIpc) is 2.38. The Morgan fingerprint density at radius 2 is 2.16 bits per heavy atom. The van der Waals surface area contributed by atoms with E-state index in [1.165, 1.54) is 12.1 Å². The Balaban J connectivity index is 2.68. The van der Waals surface area contributed by atoms with E-state index in [4.69, 9.17) is 14.9 Å². The molecule has 0 fully saturated rings. The fourth-order valence-electron chi connectivity index (χ4n) is 1.41. The van der Waals surface area contributed by atoms with Gasteiger partial charge in [0.1, 0.15) is 5.56 Å². The molecular formula is C11H14N2O6. The summed E-state index contributed by atoms with van der Waals surface area (Å²) < 4.78 is 5.01. The van der Waals surface area contributed by atoms with Gasteiger partial charge in [-0.15, -0.1) is 0 Å². The van der Waals surface area contributed by atoms with E-state index in [-0.39, 0.29) is 18.8 Å². The second-order valence-electron chi connectivity index (χ2n) is 3.56. The van der Waals surface area contributed by atoms with Crippen LogP contribution in [0.4, 0.5) is 11.4 Å². The summed E-state index contributed by atoms with van der Waals surface area (Å²) in [6, 6.07) is 3.77. The lowest BCUT2D eigenvalue weighted by Gasteiger charge is -2.07. The van der Waals surface area contributed by atoms with Crippen LogP contribution in [0.3, 0.4) is 0 Å². The maximum absolute atomic E-state index is 10.9.